The van der Waals surface area contributed by atoms with Gasteiger partial charge in [-0.15, -0.1) is 11.3 Å². The Labute approximate surface area is 176 Å². The molecule has 1 aliphatic carbocycles. The number of aliphatic carboxylic acids is 1. The van der Waals surface area contributed by atoms with Gasteiger partial charge in [-0.3, -0.25) is 14.3 Å². The van der Waals surface area contributed by atoms with Crippen LogP contribution in [0.2, 0.25) is 0 Å². The first kappa shape index (κ1) is 18.7. The summed E-state index contributed by atoms with van der Waals surface area (Å²) in [4.78, 5) is 37.2. The highest BCUT2D eigenvalue weighted by molar-refractivity contribution is 7.18. The Hall–Kier alpha value is -3.32. The summed E-state index contributed by atoms with van der Waals surface area (Å²) in [6.07, 6.45) is 5.52. The molecule has 1 atom stereocenters. The minimum Gasteiger partial charge on any atom is -0.479 e. The van der Waals surface area contributed by atoms with Crippen LogP contribution in [0.5, 0.6) is 0 Å². The molecular formula is C23H19N3O3S. The van der Waals surface area contributed by atoms with E-state index in [1.165, 1.54) is 9.44 Å². The van der Waals surface area contributed by atoms with Gasteiger partial charge in [0.2, 0.25) is 0 Å². The van der Waals surface area contributed by atoms with Gasteiger partial charge in [-0.1, -0.05) is 36.4 Å². The summed E-state index contributed by atoms with van der Waals surface area (Å²) in [6.45, 7) is 0. The first-order valence-corrected chi connectivity index (χ1v) is 10.7. The molecule has 3 heterocycles. The van der Waals surface area contributed by atoms with Crippen molar-refractivity contribution < 1.29 is 9.90 Å². The van der Waals surface area contributed by atoms with Crippen LogP contribution in [-0.4, -0.2) is 25.6 Å². The molecule has 150 valence electrons. The lowest BCUT2D eigenvalue weighted by Gasteiger charge is -2.20. The molecule has 6 nitrogen and oxygen atoms in total. The maximum atomic E-state index is 13.8. The van der Waals surface area contributed by atoms with Crippen molar-refractivity contribution in [2.45, 2.75) is 31.7 Å². The Balaban J connectivity index is 1.88. The van der Waals surface area contributed by atoms with Gasteiger partial charge in [0.25, 0.3) is 5.56 Å². The summed E-state index contributed by atoms with van der Waals surface area (Å²) in [6, 6.07) is 13.0. The number of fused-ring (bicyclic) bond motifs is 3. The molecule has 0 radical (unpaired) electrons. The summed E-state index contributed by atoms with van der Waals surface area (Å²) in [5.74, 6) is -0.825. The molecule has 3 aromatic heterocycles. The zero-order chi connectivity index (χ0) is 20.7. The van der Waals surface area contributed by atoms with E-state index in [1.54, 1.807) is 60.0 Å². The Morgan fingerprint density at radius 2 is 1.83 bits per heavy atom. The predicted octanol–water partition coefficient (Wildman–Crippen LogP) is 4.07. The van der Waals surface area contributed by atoms with E-state index < -0.39 is 12.0 Å². The van der Waals surface area contributed by atoms with Crippen LogP contribution in [0.4, 0.5) is 0 Å². The average molecular weight is 417 g/mol. The molecule has 4 aromatic rings. The van der Waals surface area contributed by atoms with E-state index in [9.17, 15) is 14.7 Å². The lowest BCUT2D eigenvalue weighted by Crippen LogP contribution is -2.33. The van der Waals surface area contributed by atoms with Crippen molar-refractivity contribution in [3.63, 3.8) is 0 Å². The molecular weight excluding hydrogens is 398 g/mol. The Morgan fingerprint density at radius 1 is 1.07 bits per heavy atom. The molecule has 0 saturated carbocycles. The number of nitrogens with zero attached hydrogens (tertiary/aromatic N) is 3. The van der Waals surface area contributed by atoms with Crippen LogP contribution in [0.25, 0.3) is 21.7 Å². The number of carboxylic acids is 1. The predicted molar refractivity (Wildman–Crippen MR) is 116 cm³/mol. The second kappa shape index (κ2) is 7.50. The number of pyridine rings is 1. The summed E-state index contributed by atoms with van der Waals surface area (Å²) < 4.78 is 1.31. The molecule has 1 aromatic carbocycles. The van der Waals surface area contributed by atoms with E-state index in [2.05, 4.69) is 4.98 Å². The molecule has 0 amide bonds. The number of rotatable bonds is 4. The van der Waals surface area contributed by atoms with Crippen LogP contribution in [-0.2, 0) is 17.6 Å². The summed E-state index contributed by atoms with van der Waals surface area (Å²) in [5, 5.41) is 10.7. The van der Waals surface area contributed by atoms with E-state index in [1.807, 2.05) is 6.07 Å². The van der Waals surface area contributed by atoms with Gasteiger partial charge in [0, 0.05) is 11.1 Å². The number of hydrogen-bond acceptors (Lipinski definition) is 5. The van der Waals surface area contributed by atoms with E-state index >= 15 is 0 Å². The summed E-state index contributed by atoms with van der Waals surface area (Å²) in [5.41, 5.74) is 1.73. The van der Waals surface area contributed by atoms with Crippen molar-refractivity contribution in [1.29, 1.82) is 0 Å². The monoisotopic (exact) mass is 417 g/mol. The van der Waals surface area contributed by atoms with E-state index in [0.717, 1.165) is 31.2 Å². The largest absolute Gasteiger partial charge is 0.479 e. The third-order valence-electron chi connectivity index (χ3n) is 5.52. The minimum absolute atomic E-state index is 0.281. The summed E-state index contributed by atoms with van der Waals surface area (Å²) in [7, 11) is 0. The standard InChI is InChI=1S/C23H19N3O3S/c27-22-18-15-10-4-5-12-17(15)30-21(18)25-20(16-11-6-7-13-24-16)26(22)19(23(28)29)14-8-2-1-3-9-14/h1-3,6-9,11,13,19H,4-5,10,12H2,(H,28,29). The molecule has 0 aliphatic heterocycles. The fourth-order valence-corrected chi connectivity index (χ4v) is 5.42. The number of carboxylic acid groups (broad SMARTS) is 1. The van der Waals surface area contributed by atoms with Crippen molar-refractivity contribution in [1.82, 2.24) is 14.5 Å². The average Bonchev–Trinajstić information content (AvgIpc) is 3.15. The molecule has 1 unspecified atom stereocenters. The number of aryl methyl sites for hydroxylation is 2. The molecule has 1 aliphatic rings. The number of carbonyl (C=O) groups is 1. The molecule has 0 bridgehead atoms. The molecule has 0 fully saturated rings. The smallest absolute Gasteiger partial charge is 0.331 e. The zero-order valence-corrected chi connectivity index (χ0v) is 16.9. The minimum atomic E-state index is -1.19. The zero-order valence-electron chi connectivity index (χ0n) is 16.1. The van der Waals surface area contributed by atoms with E-state index in [-0.39, 0.29) is 11.4 Å². The van der Waals surface area contributed by atoms with Gasteiger partial charge >= 0.3 is 5.97 Å². The maximum Gasteiger partial charge on any atom is 0.331 e. The second-order valence-electron chi connectivity index (χ2n) is 7.37. The molecule has 5 rings (SSSR count). The van der Waals surface area contributed by atoms with Crippen molar-refractivity contribution in [3.05, 3.63) is 81.1 Å². The van der Waals surface area contributed by atoms with Crippen LogP contribution in [0.1, 0.15) is 34.9 Å². The topological polar surface area (TPSA) is 85.1 Å². The Kier molecular flexibility index (Phi) is 4.67. The second-order valence-corrected chi connectivity index (χ2v) is 8.45. The first-order valence-electron chi connectivity index (χ1n) is 9.91. The maximum absolute atomic E-state index is 13.8. The Morgan fingerprint density at radius 3 is 2.57 bits per heavy atom. The van der Waals surface area contributed by atoms with Crippen molar-refractivity contribution in [2.24, 2.45) is 0 Å². The van der Waals surface area contributed by atoms with Gasteiger partial charge in [0.05, 0.1) is 5.39 Å². The summed E-state index contributed by atoms with van der Waals surface area (Å²) >= 11 is 1.55. The lowest BCUT2D eigenvalue weighted by atomic mass is 9.97. The normalized spacial score (nSPS) is 14.4. The number of thiophene rings is 1. The van der Waals surface area contributed by atoms with Crippen LogP contribution in [0, 0.1) is 0 Å². The van der Waals surface area contributed by atoms with Crippen LogP contribution in [0.3, 0.4) is 0 Å². The van der Waals surface area contributed by atoms with Gasteiger partial charge in [-0.25, -0.2) is 9.78 Å². The van der Waals surface area contributed by atoms with Crippen LogP contribution in [0.15, 0.2) is 59.5 Å². The van der Waals surface area contributed by atoms with Gasteiger partial charge < -0.3 is 5.11 Å². The van der Waals surface area contributed by atoms with Gasteiger partial charge in [-0.05, 0) is 48.9 Å². The highest BCUT2D eigenvalue weighted by Crippen LogP contribution is 2.35. The third-order valence-corrected chi connectivity index (χ3v) is 6.71. The number of hydrogen-bond donors (Lipinski definition) is 1. The number of benzene rings is 1. The van der Waals surface area contributed by atoms with Gasteiger partial charge in [0.15, 0.2) is 11.9 Å². The third kappa shape index (κ3) is 3.02. The number of aromatic nitrogens is 3. The lowest BCUT2D eigenvalue weighted by molar-refractivity contribution is -0.139. The Bertz CT molecular complexity index is 1300. The SMILES string of the molecule is O=C(O)C(c1ccccc1)n1c(-c2ccccn2)nc2sc3c(c2c1=O)CCCC3. The van der Waals surface area contributed by atoms with Gasteiger partial charge in [-0.2, -0.15) is 0 Å². The highest BCUT2D eigenvalue weighted by atomic mass is 32.1. The van der Waals surface area contributed by atoms with Crippen molar-refractivity contribution in [3.8, 4) is 11.5 Å². The van der Waals surface area contributed by atoms with Crippen LogP contribution < -0.4 is 5.56 Å². The van der Waals surface area contributed by atoms with E-state index in [0.29, 0.717) is 21.5 Å². The molecule has 30 heavy (non-hydrogen) atoms. The quantitative estimate of drug-likeness (QED) is 0.541. The fourth-order valence-electron chi connectivity index (χ4n) is 4.17. The first-order chi connectivity index (χ1) is 14.6. The highest BCUT2D eigenvalue weighted by Gasteiger charge is 2.30. The van der Waals surface area contributed by atoms with Crippen LogP contribution >= 0.6 is 11.3 Å². The molecule has 0 saturated heterocycles. The fraction of sp³-hybridized carbons (Fsp3) is 0.217. The molecule has 1 N–H and O–H groups in total. The van der Waals surface area contributed by atoms with Crippen molar-refractivity contribution in [2.75, 3.05) is 0 Å². The van der Waals surface area contributed by atoms with E-state index in [4.69, 9.17) is 4.98 Å². The van der Waals surface area contributed by atoms with Crippen molar-refractivity contribution >= 4 is 27.5 Å². The molecule has 0 spiro atoms. The van der Waals surface area contributed by atoms with Gasteiger partial charge in [0.1, 0.15) is 10.5 Å². The molecule has 7 heteroatoms.